The van der Waals surface area contributed by atoms with Crippen molar-refractivity contribution in [3.8, 4) is 0 Å². The number of carbonyl (C=O) groups is 1. The molecule has 0 saturated heterocycles. The molecule has 2 heterocycles. The zero-order valence-corrected chi connectivity index (χ0v) is 18.6. The molecular weight excluding hydrogens is 372 g/mol. The van der Waals surface area contributed by atoms with Crippen LogP contribution < -0.4 is 0 Å². The predicted octanol–water partition coefficient (Wildman–Crippen LogP) is 4.36. The maximum atomic E-state index is 13.4. The van der Waals surface area contributed by atoms with Gasteiger partial charge in [-0.3, -0.25) is 9.69 Å². The SMILES string of the molecule is C=C(C)CN(CC)Cc1c(C(=O)N(C)CCc2ccccc2)nc2c(C)cccn12. The number of aryl methyl sites for hydroxylation is 1. The first-order valence-corrected chi connectivity index (χ1v) is 10.5. The lowest BCUT2D eigenvalue weighted by Gasteiger charge is -2.22. The summed E-state index contributed by atoms with van der Waals surface area (Å²) in [5, 5.41) is 0. The summed E-state index contributed by atoms with van der Waals surface area (Å²) in [5.41, 5.74) is 5.72. The summed E-state index contributed by atoms with van der Waals surface area (Å²) in [7, 11) is 1.86. The van der Waals surface area contributed by atoms with Gasteiger partial charge in [0.25, 0.3) is 5.91 Å². The van der Waals surface area contributed by atoms with Gasteiger partial charge in [0.05, 0.1) is 5.69 Å². The molecule has 0 saturated carbocycles. The van der Waals surface area contributed by atoms with Gasteiger partial charge in [-0.1, -0.05) is 55.5 Å². The van der Waals surface area contributed by atoms with Crippen LogP contribution in [0.3, 0.4) is 0 Å². The largest absolute Gasteiger partial charge is 0.340 e. The summed E-state index contributed by atoms with van der Waals surface area (Å²) in [4.78, 5) is 22.2. The number of benzene rings is 1. The van der Waals surface area contributed by atoms with Gasteiger partial charge in [-0.2, -0.15) is 0 Å². The summed E-state index contributed by atoms with van der Waals surface area (Å²) >= 11 is 0. The van der Waals surface area contributed by atoms with Gasteiger partial charge in [-0.15, -0.1) is 0 Å². The number of hydrogen-bond donors (Lipinski definition) is 0. The third-order valence-corrected chi connectivity index (χ3v) is 5.39. The van der Waals surface area contributed by atoms with E-state index in [4.69, 9.17) is 4.98 Å². The molecule has 5 heteroatoms. The number of carbonyl (C=O) groups excluding carboxylic acids is 1. The summed E-state index contributed by atoms with van der Waals surface area (Å²) in [6, 6.07) is 14.3. The highest BCUT2D eigenvalue weighted by atomic mass is 16.2. The number of pyridine rings is 1. The Morgan fingerprint density at radius 2 is 1.90 bits per heavy atom. The van der Waals surface area contributed by atoms with E-state index in [-0.39, 0.29) is 5.91 Å². The number of hydrogen-bond acceptors (Lipinski definition) is 3. The summed E-state index contributed by atoms with van der Waals surface area (Å²) in [5.74, 6) is -0.0320. The lowest BCUT2D eigenvalue weighted by atomic mass is 10.1. The van der Waals surface area contributed by atoms with E-state index in [0.29, 0.717) is 18.8 Å². The molecule has 30 heavy (non-hydrogen) atoms. The number of nitrogens with zero attached hydrogens (tertiary/aromatic N) is 4. The summed E-state index contributed by atoms with van der Waals surface area (Å²) in [6.07, 6.45) is 2.82. The fourth-order valence-electron chi connectivity index (χ4n) is 3.67. The third-order valence-electron chi connectivity index (χ3n) is 5.39. The minimum atomic E-state index is -0.0320. The minimum absolute atomic E-state index is 0.0320. The molecule has 3 aromatic rings. The van der Waals surface area contributed by atoms with Gasteiger partial charge >= 0.3 is 0 Å². The number of likely N-dealkylation sites (N-methyl/N-ethyl adjacent to an activating group) is 2. The van der Waals surface area contributed by atoms with E-state index < -0.39 is 0 Å². The number of aromatic nitrogens is 2. The molecule has 0 bridgehead atoms. The molecule has 0 atom stereocenters. The molecule has 0 spiro atoms. The molecule has 3 rings (SSSR count). The lowest BCUT2D eigenvalue weighted by molar-refractivity contribution is 0.0789. The smallest absolute Gasteiger partial charge is 0.274 e. The van der Waals surface area contributed by atoms with Crippen molar-refractivity contribution < 1.29 is 4.79 Å². The first-order valence-electron chi connectivity index (χ1n) is 10.5. The molecule has 0 unspecified atom stereocenters. The van der Waals surface area contributed by atoms with Gasteiger partial charge < -0.3 is 9.30 Å². The Kier molecular flexibility index (Phi) is 7.06. The highest BCUT2D eigenvalue weighted by Crippen LogP contribution is 2.20. The maximum absolute atomic E-state index is 13.4. The lowest BCUT2D eigenvalue weighted by Crippen LogP contribution is -2.31. The number of amides is 1. The monoisotopic (exact) mass is 404 g/mol. The van der Waals surface area contributed by atoms with Crippen LogP contribution in [0.4, 0.5) is 0 Å². The normalized spacial score (nSPS) is 11.2. The quantitative estimate of drug-likeness (QED) is 0.498. The van der Waals surface area contributed by atoms with Crippen LogP contribution in [0.15, 0.2) is 60.8 Å². The molecule has 5 nitrogen and oxygen atoms in total. The molecule has 0 aliphatic carbocycles. The van der Waals surface area contributed by atoms with Crippen LogP contribution in [0.1, 0.15) is 41.2 Å². The van der Waals surface area contributed by atoms with Gasteiger partial charge in [-0.05, 0) is 44.0 Å². The van der Waals surface area contributed by atoms with E-state index in [1.54, 1.807) is 4.90 Å². The second-order valence-electron chi connectivity index (χ2n) is 8.01. The van der Waals surface area contributed by atoms with Gasteiger partial charge in [0, 0.05) is 32.9 Å². The molecular formula is C25H32N4O. The molecule has 2 aromatic heterocycles. The maximum Gasteiger partial charge on any atom is 0.274 e. The number of fused-ring (bicyclic) bond motifs is 1. The van der Waals surface area contributed by atoms with Crippen LogP contribution in [-0.4, -0.2) is 51.8 Å². The first-order chi connectivity index (χ1) is 14.4. The van der Waals surface area contributed by atoms with E-state index in [1.165, 1.54) is 5.56 Å². The van der Waals surface area contributed by atoms with Crippen molar-refractivity contribution in [1.29, 1.82) is 0 Å². The van der Waals surface area contributed by atoms with Crippen LogP contribution in [-0.2, 0) is 13.0 Å². The Bertz CT molecular complexity index is 1020. The van der Waals surface area contributed by atoms with Crippen LogP contribution in [0.25, 0.3) is 5.65 Å². The van der Waals surface area contributed by atoms with Crippen LogP contribution >= 0.6 is 0 Å². The van der Waals surface area contributed by atoms with Crippen molar-refractivity contribution in [2.45, 2.75) is 33.7 Å². The highest BCUT2D eigenvalue weighted by Gasteiger charge is 2.24. The van der Waals surface area contributed by atoms with E-state index in [2.05, 4.69) is 34.9 Å². The molecule has 1 aromatic carbocycles. The van der Waals surface area contributed by atoms with Gasteiger partial charge in [-0.25, -0.2) is 4.98 Å². The van der Waals surface area contributed by atoms with E-state index >= 15 is 0 Å². The van der Waals surface area contributed by atoms with Gasteiger partial charge in [0.2, 0.25) is 0 Å². The second kappa shape index (κ2) is 9.72. The Morgan fingerprint density at radius 3 is 2.57 bits per heavy atom. The highest BCUT2D eigenvalue weighted by molar-refractivity contribution is 5.94. The van der Waals surface area contributed by atoms with Crippen LogP contribution in [0, 0.1) is 6.92 Å². The van der Waals surface area contributed by atoms with Crippen molar-refractivity contribution in [2.24, 2.45) is 0 Å². The third kappa shape index (κ3) is 4.97. The summed E-state index contributed by atoms with van der Waals surface area (Å²) in [6.45, 7) is 13.2. The van der Waals surface area contributed by atoms with Crippen molar-refractivity contribution in [2.75, 3.05) is 26.7 Å². The fraction of sp³-hybridized carbons (Fsp3) is 0.360. The Hall–Kier alpha value is -2.92. The number of imidazole rings is 1. The molecule has 1 amide bonds. The van der Waals surface area contributed by atoms with Gasteiger partial charge in [0.15, 0.2) is 5.69 Å². The molecule has 158 valence electrons. The van der Waals surface area contributed by atoms with E-state index in [9.17, 15) is 4.79 Å². The predicted molar refractivity (Wildman–Crippen MR) is 123 cm³/mol. The average Bonchev–Trinajstić information content (AvgIpc) is 3.11. The molecule has 0 aliphatic heterocycles. The average molecular weight is 405 g/mol. The van der Waals surface area contributed by atoms with E-state index in [0.717, 1.165) is 42.0 Å². The topological polar surface area (TPSA) is 40.9 Å². The zero-order valence-electron chi connectivity index (χ0n) is 18.6. The summed E-state index contributed by atoms with van der Waals surface area (Å²) < 4.78 is 2.06. The molecule has 0 N–H and O–H groups in total. The van der Waals surface area contributed by atoms with Gasteiger partial charge in [0.1, 0.15) is 5.65 Å². The standard InChI is InChI=1S/C25H32N4O/c1-6-28(17-19(2)3)18-22-23(26-24-20(4)11-10-15-29(22)24)25(30)27(5)16-14-21-12-8-7-9-13-21/h7-13,15H,2,6,14,16-18H2,1,3-5H3. The molecule has 0 fully saturated rings. The Morgan fingerprint density at radius 1 is 1.17 bits per heavy atom. The van der Waals surface area contributed by atoms with Crippen molar-refractivity contribution in [3.05, 3.63) is 83.3 Å². The van der Waals surface area contributed by atoms with E-state index in [1.807, 2.05) is 57.4 Å². The minimum Gasteiger partial charge on any atom is -0.340 e. The first kappa shape index (κ1) is 21.8. The van der Waals surface area contributed by atoms with Crippen molar-refractivity contribution >= 4 is 11.6 Å². The Labute approximate surface area is 179 Å². The molecule has 0 radical (unpaired) electrons. The zero-order chi connectivity index (χ0) is 21.7. The second-order valence-corrected chi connectivity index (χ2v) is 8.01. The van der Waals surface area contributed by atoms with Crippen molar-refractivity contribution in [1.82, 2.24) is 19.2 Å². The van der Waals surface area contributed by atoms with Crippen LogP contribution in [0.2, 0.25) is 0 Å². The Balaban J connectivity index is 1.90. The molecule has 0 aliphatic rings. The van der Waals surface area contributed by atoms with Crippen LogP contribution in [0.5, 0.6) is 0 Å². The van der Waals surface area contributed by atoms with Crippen molar-refractivity contribution in [3.63, 3.8) is 0 Å². The number of rotatable bonds is 9. The fourth-order valence-corrected chi connectivity index (χ4v) is 3.67.